The maximum absolute atomic E-state index is 12.5. The summed E-state index contributed by atoms with van der Waals surface area (Å²) in [6.07, 6.45) is 0.956. The second-order valence-electron chi connectivity index (χ2n) is 7.47. The molecule has 0 saturated heterocycles. The molecule has 162 valence electrons. The van der Waals surface area contributed by atoms with Gasteiger partial charge in [-0.2, -0.15) is 0 Å². The topological polar surface area (TPSA) is 92.9 Å². The molecule has 4 aromatic rings. The number of carbonyl (C=O) groups is 2. The number of ether oxygens (including phenoxy) is 1. The van der Waals surface area contributed by atoms with E-state index in [1.54, 1.807) is 10.6 Å². The van der Waals surface area contributed by atoms with E-state index >= 15 is 0 Å². The van der Waals surface area contributed by atoms with Crippen molar-refractivity contribution in [2.45, 2.75) is 18.4 Å². The first-order valence-electron chi connectivity index (χ1n) is 9.97. The molecule has 1 aliphatic carbocycles. The number of aromatic nitrogens is 2. The summed E-state index contributed by atoms with van der Waals surface area (Å²) in [5, 5.41) is 14.1. The smallest absolute Gasteiger partial charge is 0.407 e. The normalized spacial score (nSPS) is 13.5. The maximum Gasteiger partial charge on any atom is 0.407 e. The number of benzene rings is 2. The van der Waals surface area contributed by atoms with Gasteiger partial charge in [0.15, 0.2) is 10.1 Å². The molecule has 0 fully saturated rings. The van der Waals surface area contributed by atoms with Crippen LogP contribution in [-0.4, -0.2) is 39.2 Å². The van der Waals surface area contributed by atoms with Crippen molar-refractivity contribution in [3.63, 3.8) is 0 Å². The van der Waals surface area contributed by atoms with E-state index in [2.05, 4.69) is 22.4 Å². The molecule has 2 aromatic heterocycles. The molecule has 0 saturated carbocycles. The fourth-order valence-electron chi connectivity index (χ4n) is 4.16. The molecule has 2 N–H and O–H groups in total. The Morgan fingerprint density at radius 3 is 2.47 bits per heavy atom. The quantitative estimate of drug-likeness (QED) is 0.433. The first-order chi connectivity index (χ1) is 15.5. The Balaban J connectivity index is 1.29. The molecular formula is C23H18ClN3O4S. The molecule has 2 heterocycles. The highest BCUT2D eigenvalue weighted by molar-refractivity contribution is 7.15. The Morgan fingerprint density at radius 2 is 1.81 bits per heavy atom. The minimum absolute atomic E-state index is 0.0176. The molecule has 7 nitrogen and oxygen atoms in total. The van der Waals surface area contributed by atoms with Gasteiger partial charge in [0.1, 0.15) is 12.6 Å². The van der Waals surface area contributed by atoms with E-state index in [1.165, 1.54) is 11.3 Å². The summed E-state index contributed by atoms with van der Waals surface area (Å²) in [6.45, 7) is 0.106. The van der Waals surface area contributed by atoms with Crippen LogP contribution in [0.3, 0.4) is 0 Å². The van der Waals surface area contributed by atoms with Crippen molar-refractivity contribution in [2.24, 2.45) is 0 Å². The second kappa shape index (κ2) is 8.29. The van der Waals surface area contributed by atoms with Crippen molar-refractivity contribution in [1.29, 1.82) is 0 Å². The predicted octanol–water partition coefficient (Wildman–Crippen LogP) is 4.58. The van der Waals surface area contributed by atoms with Crippen LogP contribution in [0.2, 0.25) is 5.15 Å². The molecule has 2 aromatic carbocycles. The number of nitrogens with zero attached hydrogens (tertiary/aromatic N) is 2. The van der Waals surface area contributed by atoms with Crippen molar-refractivity contribution < 1.29 is 19.4 Å². The summed E-state index contributed by atoms with van der Waals surface area (Å²) in [7, 11) is 0. The summed E-state index contributed by atoms with van der Waals surface area (Å²) in [6, 6.07) is 14.8. The highest BCUT2D eigenvalue weighted by atomic mass is 35.5. The van der Waals surface area contributed by atoms with E-state index < -0.39 is 18.1 Å². The third-order valence-electron chi connectivity index (χ3n) is 5.64. The van der Waals surface area contributed by atoms with Crippen LogP contribution in [0.15, 0.2) is 60.1 Å². The molecule has 1 aliphatic rings. The molecule has 1 amide bonds. The first-order valence-corrected chi connectivity index (χ1v) is 11.2. The van der Waals surface area contributed by atoms with Crippen molar-refractivity contribution in [3.05, 3.63) is 82.1 Å². The molecule has 0 spiro atoms. The van der Waals surface area contributed by atoms with E-state index in [0.29, 0.717) is 10.7 Å². The van der Waals surface area contributed by atoms with Crippen molar-refractivity contribution >= 4 is 40.0 Å². The number of thiazole rings is 1. The van der Waals surface area contributed by atoms with Gasteiger partial charge in [0.2, 0.25) is 0 Å². The van der Waals surface area contributed by atoms with Crippen molar-refractivity contribution in [2.75, 3.05) is 6.61 Å². The van der Waals surface area contributed by atoms with Crippen molar-refractivity contribution in [1.82, 2.24) is 14.7 Å². The van der Waals surface area contributed by atoms with Crippen LogP contribution in [0.25, 0.3) is 16.1 Å². The Hall–Kier alpha value is -3.36. The van der Waals surface area contributed by atoms with Gasteiger partial charge in [0.25, 0.3) is 0 Å². The minimum Gasteiger partial charge on any atom is -0.480 e. The predicted molar refractivity (Wildman–Crippen MR) is 121 cm³/mol. The van der Waals surface area contributed by atoms with Crippen LogP contribution >= 0.6 is 22.9 Å². The van der Waals surface area contributed by atoms with Crippen LogP contribution in [-0.2, 0) is 16.0 Å². The third-order valence-corrected chi connectivity index (χ3v) is 6.70. The fraction of sp³-hybridized carbons (Fsp3) is 0.174. The Kier molecular flexibility index (Phi) is 5.32. The van der Waals surface area contributed by atoms with E-state index in [1.807, 2.05) is 41.8 Å². The summed E-state index contributed by atoms with van der Waals surface area (Å²) in [5.41, 5.74) is 4.94. The molecule has 1 unspecified atom stereocenters. The van der Waals surface area contributed by atoms with Crippen molar-refractivity contribution in [3.8, 4) is 11.1 Å². The van der Waals surface area contributed by atoms with Gasteiger partial charge in [0, 0.05) is 23.9 Å². The lowest BCUT2D eigenvalue weighted by atomic mass is 9.98. The lowest BCUT2D eigenvalue weighted by molar-refractivity contribution is -0.139. The van der Waals surface area contributed by atoms with Gasteiger partial charge >= 0.3 is 12.1 Å². The van der Waals surface area contributed by atoms with Crippen LogP contribution in [0, 0.1) is 0 Å². The average Bonchev–Trinajstić information content (AvgIpc) is 3.44. The van der Waals surface area contributed by atoms with Gasteiger partial charge < -0.3 is 15.2 Å². The number of aliphatic carboxylic acids is 1. The average molecular weight is 468 g/mol. The van der Waals surface area contributed by atoms with Crippen LogP contribution in [0.1, 0.15) is 22.7 Å². The maximum atomic E-state index is 12.5. The van der Waals surface area contributed by atoms with Crippen LogP contribution in [0.5, 0.6) is 0 Å². The number of hydrogen-bond acceptors (Lipinski definition) is 5. The molecule has 1 atom stereocenters. The molecule has 32 heavy (non-hydrogen) atoms. The summed E-state index contributed by atoms with van der Waals surface area (Å²) < 4.78 is 7.20. The number of hydrogen-bond donors (Lipinski definition) is 2. The van der Waals surface area contributed by atoms with Gasteiger partial charge in [-0.1, -0.05) is 60.1 Å². The lowest BCUT2D eigenvalue weighted by Crippen LogP contribution is -2.43. The number of nitrogens with one attached hydrogen (secondary N) is 1. The van der Waals surface area contributed by atoms with Gasteiger partial charge in [-0.15, -0.1) is 11.3 Å². The number of carboxylic acids is 1. The third kappa shape index (κ3) is 3.61. The number of halogens is 1. The number of imidazole rings is 1. The number of carbonyl (C=O) groups excluding carboxylic acids is 1. The van der Waals surface area contributed by atoms with Gasteiger partial charge in [0.05, 0.1) is 5.69 Å². The van der Waals surface area contributed by atoms with Crippen LogP contribution < -0.4 is 5.32 Å². The zero-order valence-corrected chi connectivity index (χ0v) is 18.3. The number of rotatable bonds is 6. The van der Waals surface area contributed by atoms with Gasteiger partial charge in [-0.05, 0) is 22.3 Å². The fourth-order valence-corrected chi connectivity index (χ4v) is 5.20. The Labute approximate surface area is 192 Å². The largest absolute Gasteiger partial charge is 0.480 e. The Morgan fingerprint density at radius 1 is 1.16 bits per heavy atom. The van der Waals surface area contributed by atoms with E-state index in [9.17, 15) is 14.7 Å². The molecule has 0 bridgehead atoms. The highest BCUT2D eigenvalue weighted by Crippen LogP contribution is 2.44. The van der Waals surface area contributed by atoms with Crippen LogP contribution in [0.4, 0.5) is 4.79 Å². The summed E-state index contributed by atoms with van der Waals surface area (Å²) in [5.74, 6) is -1.29. The van der Waals surface area contributed by atoms with E-state index in [-0.39, 0.29) is 24.1 Å². The van der Waals surface area contributed by atoms with E-state index in [4.69, 9.17) is 16.3 Å². The second-order valence-corrected chi connectivity index (χ2v) is 8.70. The highest BCUT2D eigenvalue weighted by Gasteiger charge is 2.30. The van der Waals surface area contributed by atoms with Gasteiger partial charge in [-0.3, -0.25) is 4.40 Å². The summed E-state index contributed by atoms with van der Waals surface area (Å²) in [4.78, 5) is 29.2. The Bertz CT molecular complexity index is 1290. The first kappa shape index (κ1) is 20.5. The zero-order chi connectivity index (χ0) is 22.2. The molecular weight excluding hydrogens is 450 g/mol. The monoisotopic (exact) mass is 467 g/mol. The molecule has 9 heteroatoms. The van der Waals surface area contributed by atoms with E-state index in [0.717, 1.165) is 22.3 Å². The SMILES string of the molecule is O=C(NC(Cc1c(Cl)nc2sccn12)C(=O)O)OCC1c2ccccc2-c2ccccc21. The number of amides is 1. The molecule has 0 aliphatic heterocycles. The minimum atomic E-state index is -1.21. The standard InChI is InChI=1S/C23H18ClN3O4S/c24-20-19(27-9-10-32-22(27)26-20)11-18(21(28)29)25-23(30)31-12-17-15-7-3-1-5-13(15)14-6-2-4-8-16(14)17/h1-10,17-18H,11-12H2,(H,25,30)(H,28,29). The van der Waals surface area contributed by atoms with Gasteiger partial charge in [-0.25, -0.2) is 14.6 Å². The number of alkyl carbamates (subject to hydrolysis) is 1. The number of fused-ring (bicyclic) bond motifs is 4. The molecule has 0 radical (unpaired) electrons. The summed E-state index contributed by atoms with van der Waals surface area (Å²) >= 11 is 7.57. The number of carboxylic acid groups (broad SMARTS) is 1. The molecule has 5 rings (SSSR count). The zero-order valence-electron chi connectivity index (χ0n) is 16.7. The lowest BCUT2D eigenvalue weighted by Gasteiger charge is -2.17.